The summed E-state index contributed by atoms with van der Waals surface area (Å²) in [6, 6.07) is 21.0. The highest BCUT2D eigenvalue weighted by molar-refractivity contribution is 7.92. The van der Waals surface area contributed by atoms with Crippen molar-refractivity contribution in [3.05, 3.63) is 101 Å². The fourth-order valence-electron chi connectivity index (χ4n) is 4.14. The Morgan fingerprint density at radius 1 is 0.921 bits per heavy atom. The van der Waals surface area contributed by atoms with E-state index < -0.39 is 34.3 Å². The quantitative estimate of drug-likeness (QED) is 0.376. The molecule has 1 atom stereocenters. The Kier molecular flexibility index (Phi) is 10.0. The van der Waals surface area contributed by atoms with Gasteiger partial charge in [-0.05, 0) is 48.2 Å². The van der Waals surface area contributed by atoms with Crippen molar-refractivity contribution in [3.8, 4) is 0 Å². The first-order valence-corrected chi connectivity index (χ1v) is 14.3. The number of hydrogen-bond donors (Lipinski definition) is 1. The lowest BCUT2D eigenvalue weighted by molar-refractivity contribution is -0.140. The molecule has 9 heteroatoms. The summed E-state index contributed by atoms with van der Waals surface area (Å²) in [5.41, 5.74) is 2.54. The van der Waals surface area contributed by atoms with E-state index in [0.717, 1.165) is 16.1 Å². The van der Waals surface area contributed by atoms with Crippen LogP contribution in [0.25, 0.3) is 0 Å². The van der Waals surface area contributed by atoms with Crippen molar-refractivity contribution in [1.29, 1.82) is 0 Å². The molecule has 3 aromatic rings. The summed E-state index contributed by atoms with van der Waals surface area (Å²) in [5, 5.41) is 2.88. The fourth-order valence-corrected chi connectivity index (χ4v) is 5.05. The van der Waals surface area contributed by atoms with Crippen molar-refractivity contribution in [2.75, 3.05) is 23.7 Å². The van der Waals surface area contributed by atoms with Crippen molar-refractivity contribution < 1.29 is 22.4 Å². The second-order valence-corrected chi connectivity index (χ2v) is 11.1. The largest absolute Gasteiger partial charge is 0.354 e. The van der Waals surface area contributed by atoms with E-state index >= 15 is 0 Å². The number of nitrogens with one attached hydrogen (secondary N) is 1. The number of rotatable bonds is 12. The third kappa shape index (κ3) is 7.89. The molecule has 2 amide bonds. The SMILES string of the molecule is CCCNC(=O)[C@H](Cc1ccccc1)N(Cc1ccc(F)cc1)C(=O)CN(c1ccccc1C)S(C)(=O)=O. The second kappa shape index (κ2) is 13.2. The van der Waals surface area contributed by atoms with Crippen molar-refractivity contribution in [2.24, 2.45) is 0 Å². The molecule has 0 aliphatic heterocycles. The lowest BCUT2D eigenvalue weighted by Gasteiger charge is -2.33. The lowest BCUT2D eigenvalue weighted by atomic mass is 10.0. The van der Waals surface area contributed by atoms with Gasteiger partial charge in [0.05, 0.1) is 11.9 Å². The molecule has 7 nitrogen and oxygen atoms in total. The van der Waals surface area contributed by atoms with Gasteiger partial charge in [-0.1, -0.05) is 67.6 Å². The van der Waals surface area contributed by atoms with Gasteiger partial charge in [0.25, 0.3) is 0 Å². The molecule has 202 valence electrons. The summed E-state index contributed by atoms with van der Waals surface area (Å²) in [5.74, 6) is -1.31. The molecule has 0 radical (unpaired) electrons. The van der Waals surface area contributed by atoms with Gasteiger partial charge >= 0.3 is 0 Å². The van der Waals surface area contributed by atoms with Crippen LogP contribution in [0.15, 0.2) is 78.9 Å². The molecular formula is C29H34FN3O4S. The van der Waals surface area contributed by atoms with Crippen LogP contribution in [-0.2, 0) is 32.6 Å². The number of nitrogens with zero attached hydrogens (tertiary/aromatic N) is 2. The van der Waals surface area contributed by atoms with Crippen molar-refractivity contribution in [1.82, 2.24) is 10.2 Å². The number of benzene rings is 3. The summed E-state index contributed by atoms with van der Waals surface area (Å²) in [6.45, 7) is 3.64. The van der Waals surface area contributed by atoms with E-state index in [1.54, 1.807) is 43.3 Å². The van der Waals surface area contributed by atoms with Crippen LogP contribution >= 0.6 is 0 Å². The van der Waals surface area contributed by atoms with E-state index in [-0.39, 0.29) is 18.9 Å². The minimum absolute atomic E-state index is 0.00152. The number of para-hydroxylation sites is 1. The number of carbonyl (C=O) groups excluding carboxylic acids is 2. The Morgan fingerprint density at radius 3 is 2.16 bits per heavy atom. The molecule has 0 unspecified atom stereocenters. The molecule has 0 aromatic heterocycles. The smallest absolute Gasteiger partial charge is 0.244 e. The monoisotopic (exact) mass is 539 g/mol. The molecule has 0 aliphatic rings. The van der Waals surface area contributed by atoms with Gasteiger partial charge in [-0.25, -0.2) is 12.8 Å². The lowest BCUT2D eigenvalue weighted by Crippen LogP contribution is -2.53. The maximum Gasteiger partial charge on any atom is 0.244 e. The molecule has 3 aromatic carbocycles. The number of aryl methyl sites for hydroxylation is 1. The molecule has 3 rings (SSSR count). The van der Waals surface area contributed by atoms with Gasteiger partial charge < -0.3 is 10.2 Å². The molecule has 0 aliphatic carbocycles. The zero-order chi connectivity index (χ0) is 27.7. The highest BCUT2D eigenvalue weighted by Gasteiger charge is 2.33. The number of carbonyl (C=O) groups is 2. The van der Waals surface area contributed by atoms with Crippen LogP contribution in [0.2, 0.25) is 0 Å². The summed E-state index contributed by atoms with van der Waals surface area (Å²) in [7, 11) is -3.83. The number of amides is 2. The first kappa shape index (κ1) is 28.8. The highest BCUT2D eigenvalue weighted by Crippen LogP contribution is 2.23. The molecule has 38 heavy (non-hydrogen) atoms. The summed E-state index contributed by atoms with van der Waals surface area (Å²) in [6.07, 6.45) is 1.99. The Labute approximate surface area is 224 Å². The number of anilines is 1. The second-order valence-electron chi connectivity index (χ2n) is 9.20. The normalized spacial score (nSPS) is 12.0. The summed E-state index contributed by atoms with van der Waals surface area (Å²) < 4.78 is 40.3. The molecular weight excluding hydrogens is 505 g/mol. The molecule has 1 N–H and O–H groups in total. The van der Waals surface area contributed by atoms with Crippen LogP contribution in [0.1, 0.15) is 30.0 Å². The molecule has 0 spiro atoms. The van der Waals surface area contributed by atoms with E-state index in [2.05, 4.69) is 5.32 Å². The Morgan fingerprint density at radius 2 is 1.55 bits per heavy atom. The predicted molar refractivity (Wildman–Crippen MR) is 148 cm³/mol. The van der Waals surface area contributed by atoms with Gasteiger partial charge in [0.2, 0.25) is 21.8 Å². The van der Waals surface area contributed by atoms with Gasteiger partial charge in [0.15, 0.2) is 0 Å². The molecule has 0 fully saturated rings. The number of hydrogen-bond acceptors (Lipinski definition) is 4. The Hall–Kier alpha value is -3.72. The van der Waals surface area contributed by atoms with Gasteiger partial charge in [0.1, 0.15) is 18.4 Å². The van der Waals surface area contributed by atoms with Crippen LogP contribution in [-0.4, -0.2) is 50.5 Å². The average Bonchev–Trinajstić information content (AvgIpc) is 2.89. The summed E-state index contributed by atoms with van der Waals surface area (Å²) in [4.78, 5) is 28.7. The highest BCUT2D eigenvalue weighted by atomic mass is 32.2. The van der Waals surface area contributed by atoms with E-state index in [9.17, 15) is 22.4 Å². The summed E-state index contributed by atoms with van der Waals surface area (Å²) >= 11 is 0. The molecule has 0 heterocycles. The van der Waals surface area contributed by atoms with E-state index in [4.69, 9.17) is 0 Å². The minimum Gasteiger partial charge on any atom is -0.354 e. The topological polar surface area (TPSA) is 86.8 Å². The predicted octanol–water partition coefficient (Wildman–Crippen LogP) is 4.07. The first-order chi connectivity index (χ1) is 18.1. The Bertz CT molecular complexity index is 1330. The molecule has 0 saturated carbocycles. The first-order valence-electron chi connectivity index (χ1n) is 12.5. The maximum absolute atomic E-state index is 13.9. The van der Waals surface area contributed by atoms with Gasteiger partial charge in [-0.2, -0.15) is 0 Å². The molecule has 0 saturated heterocycles. The zero-order valence-corrected chi connectivity index (χ0v) is 22.7. The van der Waals surface area contributed by atoms with Crippen LogP contribution in [0.4, 0.5) is 10.1 Å². The minimum atomic E-state index is -3.83. The van der Waals surface area contributed by atoms with Gasteiger partial charge in [-0.15, -0.1) is 0 Å². The standard InChI is InChI=1S/C29H34FN3O4S/c1-4-18-31-29(35)27(19-23-11-6-5-7-12-23)32(20-24-14-16-25(30)17-15-24)28(34)21-33(38(3,36)37)26-13-9-8-10-22(26)2/h5-17,27H,4,18-21H2,1-3H3,(H,31,35)/t27-/m0/s1. The third-order valence-electron chi connectivity index (χ3n) is 6.15. The van der Waals surface area contributed by atoms with E-state index in [0.29, 0.717) is 29.8 Å². The van der Waals surface area contributed by atoms with Crippen molar-refractivity contribution in [2.45, 2.75) is 39.3 Å². The van der Waals surface area contributed by atoms with Crippen LogP contribution in [0.5, 0.6) is 0 Å². The van der Waals surface area contributed by atoms with Crippen LogP contribution in [0.3, 0.4) is 0 Å². The van der Waals surface area contributed by atoms with E-state index in [1.165, 1.54) is 17.0 Å². The van der Waals surface area contributed by atoms with Gasteiger partial charge in [-0.3, -0.25) is 13.9 Å². The van der Waals surface area contributed by atoms with Crippen LogP contribution in [0, 0.1) is 12.7 Å². The van der Waals surface area contributed by atoms with Crippen molar-refractivity contribution in [3.63, 3.8) is 0 Å². The molecule has 0 bridgehead atoms. The third-order valence-corrected chi connectivity index (χ3v) is 7.28. The fraction of sp³-hybridized carbons (Fsp3) is 0.310. The van der Waals surface area contributed by atoms with E-state index in [1.807, 2.05) is 37.3 Å². The van der Waals surface area contributed by atoms with Crippen LogP contribution < -0.4 is 9.62 Å². The zero-order valence-electron chi connectivity index (χ0n) is 21.9. The number of sulfonamides is 1. The average molecular weight is 540 g/mol. The number of halogens is 1. The maximum atomic E-state index is 13.9. The van der Waals surface area contributed by atoms with Gasteiger partial charge in [0, 0.05) is 19.5 Å². The van der Waals surface area contributed by atoms with Crippen molar-refractivity contribution >= 4 is 27.5 Å². The Balaban J connectivity index is 2.04.